The van der Waals surface area contributed by atoms with Crippen LogP contribution < -0.4 is 10.6 Å². The van der Waals surface area contributed by atoms with Crippen molar-refractivity contribution in [1.29, 1.82) is 0 Å². The van der Waals surface area contributed by atoms with Gasteiger partial charge in [0.05, 0.1) is 0 Å². The van der Waals surface area contributed by atoms with Crippen LogP contribution in [0.25, 0.3) is 0 Å². The average molecular weight is 407 g/mol. The van der Waals surface area contributed by atoms with Crippen molar-refractivity contribution in [2.45, 2.75) is 26.2 Å². The molecule has 0 spiro atoms. The average Bonchev–Trinajstić information content (AvgIpc) is 2.65. The van der Waals surface area contributed by atoms with Crippen molar-refractivity contribution in [3.63, 3.8) is 0 Å². The minimum atomic E-state index is -0.576. The van der Waals surface area contributed by atoms with Crippen molar-refractivity contribution in [1.82, 2.24) is 0 Å². The highest BCUT2D eigenvalue weighted by molar-refractivity contribution is 6.31. The molecule has 2 aromatic rings. The molecule has 2 rings (SSSR count). The molecule has 6 nitrogen and oxygen atoms in total. The number of esters is 1. The first-order valence-electron chi connectivity index (χ1n) is 8.60. The van der Waals surface area contributed by atoms with Crippen molar-refractivity contribution in [2.75, 3.05) is 17.2 Å². The molecule has 0 bridgehead atoms. The van der Waals surface area contributed by atoms with E-state index in [-0.39, 0.29) is 25.2 Å². The number of aryl methyl sites for hydroxylation is 1. The Morgan fingerprint density at radius 2 is 1.71 bits per heavy atom. The van der Waals surface area contributed by atoms with Crippen LogP contribution >= 0.6 is 11.6 Å². The number of hydrogen-bond acceptors (Lipinski definition) is 4. The van der Waals surface area contributed by atoms with Crippen LogP contribution in [0.15, 0.2) is 42.5 Å². The Balaban J connectivity index is 1.65. The molecule has 2 aromatic carbocycles. The van der Waals surface area contributed by atoms with Gasteiger partial charge in [-0.05, 0) is 55.3 Å². The van der Waals surface area contributed by atoms with Gasteiger partial charge in [0.2, 0.25) is 5.91 Å². The van der Waals surface area contributed by atoms with Crippen LogP contribution in [0.3, 0.4) is 0 Å². The van der Waals surface area contributed by atoms with Crippen LogP contribution in [0.5, 0.6) is 0 Å². The summed E-state index contributed by atoms with van der Waals surface area (Å²) in [7, 11) is 0. The molecule has 0 aliphatic heterocycles. The molecular weight excluding hydrogens is 387 g/mol. The Labute approximate surface area is 167 Å². The van der Waals surface area contributed by atoms with Crippen molar-refractivity contribution in [2.24, 2.45) is 0 Å². The predicted molar refractivity (Wildman–Crippen MR) is 105 cm³/mol. The first kappa shape index (κ1) is 21.4. The SMILES string of the molecule is Cc1ccc(Cl)cc1NC(=O)COC(=O)CCCC(=O)Nc1ccc(F)cc1. The second-order valence-electron chi connectivity index (χ2n) is 6.08. The number of halogens is 2. The lowest BCUT2D eigenvalue weighted by Gasteiger charge is -2.09. The van der Waals surface area contributed by atoms with Gasteiger partial charge < -0.3 is 15.4 Å². The molecular formula is C20H20ClFN2O4. The number of anilines is 2. The molecule has 0 atom stereocenters. The topological polar surface area (TPSA) is 84.5 Å². The largest absolute Gasteiger partial charge is 0.456 e. The molecule has 0 saturated carbocycles. The lowest BCUT2D eigenvalue weighted by Crippen LogP contribution is -2.21. The summed E-state index contributed by atoms with van der Waals surface area (Å²) in [5.74, 6) is -1.75. The number of hydrogen-bond donors (Lipinski definition) is 2. The number of rotatable bonds is 8. The summed E-state index contributed by atoms with van der Waals surface area (Å²) < 4.78 is 17.7. The monoisotopic (exact) mass is 406 g/mol. The number of benzene rings is 2. The second-order valence-corrected chi connectivity index (χ2v) is 6.51. The van der Waals surface area contributed by atoms with Gasteiger partial charge in [-0.25, -0.2) is 4.39 Å². The highest BCUT2D eigenvalue weighted by Crippen LogP contribution is 2.20. The van der Waals surface area contributed by atoms with Crippen molar-refractivity contribution in [3.8, 4) is 0 Å². The highest BCUT2D eigenvalue weighted by Gasteiger charge is 2.11. The Morgan fingerprint density at radius 1 is 1.00 bits per heavy atom. The van der Waals surface area contributed by atoms with E-state index in [2.05, 4.69) is 10.6 Å². The van der Waals surface area contributed by atoms with E-state index < -0.39 is 24.3 Å². The Bertz CT molecular complexity index is 856. The van der Waals surface area contributed by atoms with Gasteiger partial charge in [-0.3, -0.25) is 14.4 Å². The van der Waals surface area contributed by atoms with Gasteiger partial charge in [0, 0.05) is 29.2 Å². The minimum Gasteiger partial charge on any atom is -0.456 e. The summed E-state index contributed by atoms with van der Waals surface area (Å²) in [5, 5.41) is 5.70. The quantitative estimate of drug-likeness (QED) is 0.647. The van der Waals surface area contributed by atoms with Crippen LogP contribution in [-0.4, -0.2) is 24.4 Å². The van der Waals surface area contributed by atoms with E-state index in [0.717, 1.165) is 5.56 Å². The fraction of sp³-hybridized carbons (Fsp3) is 0.250. The van der Waals surface area contributed by atoms with E-state index in [4.69, 9.17) is 16.3 Å². The summed E-state index contributed by atoms with van der Waals surface area (Å²) in [6.45, 7) is 1.39. The lowest BCUT2D eigenvalue weighted by molar-refractivity contribution is -0.147. The van der Waals surface area contributed by atoms with Gasteiger partial charge in [-0.15, -0.1) is 0 Å². The predicted octanol–water partition coefficient (Wildman–Crippen LogP) is 4.08. The molecule has 0 saturated heterocycles. The maximum atomic E-state index is 12.8. The number of carbonyl (C=O) groups is 3. The van der Waals surface area contributed by atoms with E-state index in [9.17, 15) is 18.8 Å². The first-order valence-corrected chi connectivity index (χ1v) is 8.98. The zero-order valence-corrected chi connectivity index (χ0v) is 16.0. The molecule has 0 radical (unpaired) electrons. The third kappa shape index (κ3) is 7.36. The number of amides is 2. The standard InChI is InChI=1S/C20H20ClFN2O4/c1-13-5-6-14(21)11-17(13)24-19(26)12-28-20(27)4-2-3-18(25)23-16-9-7-15(22)8-10-16/h5-11H,2-4,12H2,1H3,(H,23,25)(H,24,26). The fourth-order valence-corrected chi connectivity index (χ4v) is 2.46. The van der Waals surface area contributed by atoms with E-state index in [1.807, 2.05) is 6.92 Å². The molecule has 8 heteroatoms. The molecule has 0 aliphatic rings. The van der Waals surface area contributed by atoms with Gasteiger partial charge >= 0.3 is 5.97 Å². The van der Waals surface area contributed by atoms with Gasteiger partial charge in [0.25, 0.3) is 5.91 Å². The molecule has 0 aliphatic carbocycles. The Hall–Kier alpha value is -2.93. The normalized spacial score (nSPS) is 10.2. The minimum absolute atomic E-state index is 0.000308. The second kappa shape index (κ2) is 10.4. The number of carbonyl (C=O) groups excluding carboxylic acids is 3. The summed E-state index contributed by atoms with van der Waals surface area (Å²) in [4.78, 5) is 35.3. The smallest absolute Gasteiger partial charge is 0.306 e. The summed E-state index contributed by atoms with van der Waals surface area (Å²) >= 11 is 5.88. The summed E-state index contributed by atoms with van der Waals surface area (Å²) in [5.41, 5.74) is 1.85. The Morgan fingerprint density at radius 3 is 2.43 bits per heavy atom. The highest BCUT2D eigenvalue weighted by atomic mass is 35.5. The van der Waals surface area contributed by atoms with E-state index in [0.29, 0.717) is 16.4 Å². The van der Waals surface area contributed by atoms with Gasteiger partial charge in [-0.2, -0.15) is 0 Å². The lowest BCUT2D eigenvalue weighted by atomic mass is 10.2. The van der Waals surface area contributed by atoms with Crippen molar-refractivity contribution in [3.05, 3.63) is 58.9 Å². The molecule has 2 amide bonds. The zero-order chi connectivity index (χ0) is 20.5. The zero-order valence-electron chi connectivity index (χ0n) is 15.3. The Kier molecular flexibility index (Phi) is 7.95. The van der Waals surface area contributed by atoms with Crippen molar-refractivity contribution < 1.29 is 23.5 Å². The maximum Gasteiger partial charge on any atom is 0.306 e. The van der Waals surface area contributed by atoms with Gasteiger partial charge in [-0.1, -0.05) is 17.7 Å². The van der Waals surface area contributed by atoms with Crippen LogP contribution in [0.4, 0.5) is 15.8 Å². The van der Waals surface area contributed by atoms with E-state index in [1.165, 1.54) is 24.3 Å². The van der Waals surface area contributed by atoms with Gasteiger partial charge in [0.1, 0.15) is 5.82 Å². The number of nitrogens with one attached hydrogen (secondary N) is 2. The van der Waals surface area contributed by atoms with Crippen LogP contribution in [0, 0.1) is 12.7 Å². The summed E-state index contributed by atoms with van der Waals surface area (Å²) in [6, 6.07) is 10.4. The maximum absolute atomic E-state index is 12.8. The molecule has 0 fully saturated rings. The van der Waals surface area contributed by atoms with Gasteiger partial charge in [0.15, 0.2) is 6.61 Å². The molecule has 148 valence electrons. The van der Waals surface area contributed by atoms with Crippen molar-refractivity contribution >= 4 is 40.8 Å². The number of ether oxygens (including phenoxy) is 1. The molecule has 0 heterocycles. The third-order valence-corrected chi connectivity index (χ3v) is 3.99. The van der Waals surface area contributed by atoms with Crippen LogP contribution in [-0.2, 0) is 19.1 Å². The molecule has 2 N–H and O–H groups in total. The first-order chi connectivity index (χ1) is 13.3. The molecule has 28 heavy (non-hydrogen) atoms. The van der Waals surface area contributed by atoms with Crippen LogP contribution in [0.2, 0.25) is 5.02 Å². The fourth-order valence-electron chi connectivity index (χ4n) is 2.28. The molecule has 0 aromatic heterocycles. The summed E-state index contributed by atoms with van der Waals surface area (Å²) in [6.07, 6.45) is 0.363. The van der Waals surface area contributed by atoms with E-state index >= 15 is 0 Å². The van der Waals surface area contributed by atoms with E-state index in [1.54, 1.807) is 18.2 Å². The van der Waals surface area contributed by atoms with Crippen LogP contribution in [0.1, 0.15) is 24.8 Å². The third-order valence-electron chi connectivity index (χ3n) is 3.75. The molecule has 0 unspecified atom stereocenters.